The zero-order chi connectivity index (χ0) is 12.0. The number of amides is 1. The first-order chi connectivity index (χ1) is 7.67. The van der Waals surface area contributed by atoms with Gasteiger partial charge in [-0.3, -0.25) is 4.79 Å². The Morgan fingerprint density at radius 1 is 1.38 bits per heavy atom. The zero-order valence-corrected chi connectivity index (χ0v) is 9.86. The largest absolute Gasteiger partial charge is 0.396 e. The molecule has 16 heavy (non-hydrogen) atoms. The molecule has 1 atom stereocenters. The Balaban J connectivity index is 2.52. The monoisotopic (exact) mass is 221 g/mol. The average Bonchev–Trinajstić information content (AvgIpc) is 2.35. The van der Waals surface area contributed by atoms with Crippen molar-refractivity contribution in [1.29, 1.82) is 0 Å². The molecule has 88 valence electrons. The average molecular weight is 221 g/mol. The molecule has 1 unspecified atom stereocenters. The number of hydrogen-bond acceptors (Lipinski definition) is 2. The van der Waals surface area contributed by atoms with E-state index >= 15 is 0 Å². The molecule has 3 nitrogen and oxygen atoms in total. The van der Waals surface area contributed by atoms with Gasteiger partial charge in [0.15, 0.2) is 0 Å². The van der Waals surface area contributed by atoms with E-state index in [1.54, 1.807) is 0 Å². The maximum Gasteiger partial charge on any atom is 0.251 e. The third-order valence-electron chi connectivity index (χ3n) is 2.55. The summed E-state index contributed by atoms with van der Waals surface area (Å²) in [6, 6.07) is 7.59. The van der Waals surface area contributed by atoms with Gasteiger partial charge in [0.05, 0.1) is 0 Å². The molecule has 0 spiro atoms. The van der Waals surface area contributed by atoms with Crippen LogP contribution in [-0.4, -0.2) is 24.2 Å². The van der Waals surface area contributed by atoms with E-state index < -0.39 is 0 Å². The van der Waals surface area contributed by atoms with E-state index in [-0.39, 0.29) is 18.4 Å². The molecule has 0 saturated carbocycles. The Hall–Kier alpha value is -1.35. The van der Waals surface area contributed by atoms with Gasteiger partial charge in [-0.2, -0.15) is 0 Å². The highest BCUT2D eigenvalue weighted by molar-refractivity contribution is 5.94. The molecule has 2 N–H and O–H groups in total. The molecule has 1 aromatic carbocycles. The second-order valence-corrected chi connectivity index (χ2v) is 4.05. The third kappa shape index (κ3) is 3.66. The van der Waals surface area contributed by atoms with E-state index in [4.69, 9.17) is 5.11 Å². The molecule has 0 heterocycles. The van der Waals surface area contributed by atoms with Gasteiger partial charge in [-0.25, -0.2) is 0 Å². The van der Waals surface area contributed by atoms with Crippen molar-refractivity contribution in [3.8, 4) is 0 Å². The Bertz CT molecular complexity index is 332. The number of aliphatic hydroxyl groups is 1. The quantitative estimate of drug-likeness (QED) is 0.793. The van der Waals surface area contributed by atoms with Crippen molar-refractivity contribution in [1.82, 2.24) is 5.32 Å². The smallest absolute Gasteiger partial charge is 0.251 e. The third-order valence-corrected chi connectivity index (χ3v) is 2.55. The van der Waals surface area contributed by atoms with Gasteiger partial charge in [0.1, 0.15) is 0 Å². The van der Waals surface area contributed by atoms with Crippen molar-refractivity contribution in [2.45, 2.75) is 20.3 Å². The van der Waals surface area contributed by atoms with E-state index in [0.29, 0.717) is 12.1 Å². The Morgan fingerprint density at radius 2 is 2.00 bits per heavy atom. The fourth-order valence-electron chi connectivity index (χ4n) is 1.33. The number of aryl methyl sites for hydroxylation is 1. The number of benzene rings is 1. The number of aliphatic hydroxyl groups excluding tert-OH is 1. The van der Waals surface area contributed by atoms with Crippen LogP contribution in [0.5, 0.6) is 0 Å². The molecular weight excluding hydrogens is 202 g/mol. The molecule has 1 aromatic rings. The van der Waals surface area contributed by atoms with Gasteiger partial charge in [-0.15, -0.1) is 0 Å². The fraction of sp³-hybridized carbons (Fsp3) is 0.462. The second-order valence-electron chi connectivity index (χ2n) is 4.05. The minimum atomic E-state index is -0.0806. The molecule has 0 aliphatic heterocycles. The topological polar surface area (TPSA) is 49.3 Å². The number of rotatable bonds is 5. The predicted octanol–water partition coefficient (Wildman–Crippen LogP) is 1.61. The highest BCUT2D eigenvalue weighted by Crippen LogP contribution is 2.05. The van der Waals surface area contributed by atoms with Crippen LogP contribution >= 0.6 is 0 Å². The lowest BCUT2D eigenvalue weighted by atomic mass is 10.1. The Morgan fingerprint density at radius 3 is 2.50 bits per heavy atom. The molecule has 0 aliphatic carbocycles. The molecule has 3 heteroatoms. The van der Waals surface area contributed by atoms with Crippen molar-refractivity contribution < 1.29 is 9.90 Å². The molecule has 0 radical (unpaired) electrons. The van der Waals surface area contributed by atoms with Crippen molar-refractivity contribution in [3.05, 3.63) is 35.4 Å². The van der Waals surface area contributed by atoms with Gasteiger partial charge in [-0.1, -0.05) is 26.0 Å². The fourth-order valence-corrected chi connectivity index (χ4v) is 1.33. The summed E-state index contributed by atoms with van der Waals surface area (Å²) in [5.74, 6) is 0.0156. The zero-order valence-electron chi connectivity index (χ0n) is 9.86. The van der Waals surface area contributed by atoms with Crippen molar-refractivity contribution >= 4 is 5.91 Å². The standard InChI is InChI=1S/C13H19NO2/c1-3-11-4-6-12(7-5-11)13(16)14-8-10(2)9-15/h4-7,10,15H,3,8-9H2,1-2H3,(H,14,16). The lowest BCUT2D eigenvalue weighted by Crippen LogP contribution is -2.29. The van der Waals surface area contributed by atoms with Gasteiger partial charge < -0.3 is 10.4 Å². The van der Waals surface area contributed by atoms with Gasteiger partial charge in [0.2, 0.25) is 0 Å². The summed E-state index contributed by atoms with van der Waals surface area (Å²) in [4.78, 5) is 11.7. The first kappa shape index (κ1) is 12.7. The lowest BCUT2D eigenvalue weighted by molar-refractivity contribution is 0.0942. The van der Waals surface area contributed by atoms with Crippen molar-refractivity contribution in [2.24, 2.45) is 5.92 Å². The minimum absolute atomic E-state index is 0.0806. The van der Waals surface area contributed by atoms with E-state index in [9.17, 15) is 4.79 Å². The highest BCUT2D eigenvalue weighted by atomic mass is 16.3. The summed E-state index contributed by atoms with van der Waals surface area (Å²) >= 11 is 0. The van der Waals surface area contributed by atoms with E-state index in [0.717, 1.165) is 6.42 Å². The predicted molar refractivity (Wildman–Crippen MR) is 64.4 cm³/mol. The molecule has 0 saturated heterocycles. The van der Waals surface area contributed by atoms with Crippen LogP contribution in [0.2, 0.25) is 0 Å². The highest BCUT2D eigenvalue weighted by Gasteiger charge is 2.06. The number of hydrogen-bond donors (Lipinski definition) is 2. The maximum absolute atomic E-state index is 11.7. The first-order valence-corrected chi connectivity index (χ1v) is 5.65. The maximum atomic E-state index is 11.7. The summed E-state index contributed by atoms with van der Waals surface area (Å²) in [6.07, 6.45) is 0.976. The first-order valence-electron chi connectivity index (χ1n) is 5.65. The van der Waals surface area contributed by atoms with E-state index in [2.05, 4.69) is 12.2 Å². The van der Waals surface area contributed by atoms with Crippen LogP contribution in [-0.2, 0) is 6.42 Å². The van der Waals surface area contributed by atoms with Crippen LogP contribution in [0.3, 0.4) is 0 Å². The SMILES string of the molecule is CCc1ccc(C(=O)NCC(C)CO)cc1. The molecule has 0 aliphatic rings. The van der Waals surface area contributed by atoms with Gasteiger partial charge in [0.25, 0.3) is 5.91 Å². The van der Waals surface area contributed by atoms with Gasteiger partial charge in [-0.05, 0) is 30.0 Å². The van der Waals surface area contributed by atoms with E-state index in [1.807, 2.05) is 31.2 Å². The summed E-state index contributed by atoms with van der Waals surface area (Å²) in [5, 5.41) is 11.6. The minimum Gasteiger partial charge on any atom is -0.396 e. The Kier molecular flexibility index (Phi) is 4.99. The van der Waals surface area contributed by atoms with Gasteiger partial charge >= 0.3 is 0 Å². The van der Waals surface area contributed by atoms with Crippen molar-refractivity contribution in [3.63, 3.8) is 0 Å². The van der Waals surface area contributed by atoms with Crippen LogP contribution in [0.1, 0.15) is 29.8 Å². The Labute approximate surface area is 96.5 Å². The van der Waals surface area contributed by atoms with Crippen LogP contribution in [0.15, 0.2) is 24.3 Å². The van der Waals surface area contributed by atoms with Crippen LogP contribution in [0, 0.1) is 5.92 Å². The molecule has 0 aromatic heterocycles. The number of carbonyl (C=O) groups is 1. The van der Waals surface area contributed by atoms with Crippen LogP contribution < -0.4 is 5.32 Å². The van der Waals surface area contributed by atoms with Crippen molar-refractivity contribution in [2.75, 3.05) is 13.2 Å². The number of carbonyl (C=O) groups excluding carboxylic acids is 1. The summed E-state index contributed by atoms with van der Waals surface area (Å²) < 4.78 is 0. The normalized spacial score (nSPS) is 12.2. The second kappa shape index (κ2) is 6.28. The van der Waals surface area contributed by atoms with Gasteiger partial charge in [0, 0.05) is 18.7 Å². The molecular formula is C13H19NO2. The molecule has 1 rings (SSSR count). The van der Waals surface area contributed by atoms with Crippen LogP contribution in [0.4, 0.5) is 0 Å². The summed E-state index contributed by atoms with van der Waals surface area (Å²) in [6.45, 7) is 4.57. The van der Waals surface area contributed by atoms with Crippen LogP contribution in [0.25, 0.3) is 0 Å². The number of nitrogens with one attached hydrogen (secondary N) is 1. The van der Waals surface area contributed by atoms with E-state index in [1.165, 1.54) is 5.56 Å². The summed E-state index contributed by atoms with van der Waals surface area (Å²) in [5.41, 5.74) is 1.89. The molecule has 0 fully saturated rings. The molecule has 1 amide bonds. The molecule has 0 bridgehead atoms. The lowest BCUT2D eigenvalue weighted by Gasteiger charge is -2.09. The summed E-state index contributed by atoms with van der Waals surface area (Å²) in [7, 11) is 0.